The molecule has 0 saturated heterocycles. The zero-order valence-electron chi connectivity index (χ0n) is 21.2. The number of nitrogens with one attached hydrogen (secondary N) is 2. The Labute approximate surface area is 239 Å². The molecule has 210 valence electrons. The third-order valence-corrected chi connectivity index (χ3v) is 7.39. The van der Waals surface area contributed by atoms with Gasteiger partial charge in [-0.2, -0.15) is 18.3 Å². The molecule has 5 aromatic rings. The molecular formula is C26H19ClF3N7O3S. The van der Waals surface area contributed by atoms with Crippen molar-refractivity contribution in [3.05, 3.63) is 87.4 Å². The van der Waals surface area contributed by atoms with E-state index in [1.165, 1.54) is 19.5 Å². The SMILES string of the molecule is COc1cc(-c2ccc3c(C(=O)NC(C)c4ncc(C(=O)Nc5cc(C(F)(F)F)c(Cl)cn5)s4)cnn3c2)ccn1. The van der Waals surface area contributed by atoms with Crippen LogP contribution in [-0.4, -0.2) is 43.5 Å². The smallest absolute Gasteiger partial charge is 0.418 e. The number of pyridine rings is 3. The van der Waals surface area contributed by atoms with E-state index in [1.54, 1.807) is 36.0 Å². The van der Waals surface area contributed by atoms with E-state index in [2.05, 4.69) is 30.7 Å². The zero-order chi connectivity index (χ0) is 29.3. The maximum atomic E-state index is 13.1. The van der Waals surface area contributed by atoms with Crippen LogP contribution in [0, 0.1) is 0 Å². The first-order chi connectivity index (χ1) is 19.5. The van der Waals surface area contributed by atoms with Crippen LogP contribution in [0.25, 0.3) is 16.6 Å². The van der Waals surface area contributed by atoms with Gasteiger partial charge in [-0.3, -0.25) is 9.59 Å². The van der Waals surface area contributed by atoms with Crippen molar-refractivity contribution in [3.8, 4) is 17.0 Å². The van der Waals surface area contributed by atoms with Crippen molar-refractivity contribution in [1.82, 2.24) is 29.9 Å². The number of hydrogen-bond donors (Lipinski definition) is 2. The van der Waals surface area contributed by atoms with Crippen LogP contribution < -0.4 is 15.4 Å². The molecule has 5 rings (SSSR count). The molecule has 0 aromatic carbocycles. The molecule has 0 bridgehead atoms. The van der Waals surface area contributed by atoms with Crippen LogP contribution in [0.1, 0.15) is 43.6 Å². The molecule has 0 aliphatic rings. The Balaban J connectivity index is 1.27. The molecule has 2 N–H and O–H groups in total. The van der Waals surface area contributed by atoms with Gasteiger partial charge in [0.2, 0.25) is 5.88 Å². The number of fused-ring (bicyclic) bond motifs is 1. The Bertz CT molecular complexity index is 1770. The molecule has 0 aliphatic carbocycles. The van der Waals surface area contributed by atoms with Crippen molar-refractivity contribution in [2.24, 2.45) is 0 Å². The van der Waals surface area contributed by atoms with E-state index in [4.69, 9.17) is 16.3 Å². The third kappa shape index (κ3) is 5.98. The number of alkyl halides is 3. The fourth-order valence-corrected chi connectivity index (χ4v) is 4.89. The minimum absolute atomic E-state index is 0.114. The molecule has 41 heavy (non-hydrogen) atoms. The van der Waals surface area contributed by atoms with Crippen molar-refractivity contribution in [2.75, 3.05) is 12.4 Å². The third-order valence-electron chi connectivity index (χ3n) is 5.91. The average Bonchev–Trinajstić information content (AvgIpc) is 3.61. The van der Waals surface area contributed by atoms with Gasteiger partial charge in [0.1, 0.15) is 15.7 Å². The number of hydrogen-bond acceptors (Lipinski definition) is 8. The van der Waals surface area contributed by atoms with Crippen LogP contribution in [-0.2, 0) is 6.18 Å². The molecule has 5 aromatic heterocycles. The molecule has 10 nitrogen and oxygen atoms in total. The van der Waals surface area contributed by atoms with Crippen LogP contribution in [0.15, 0.2) is 61.3 Å². The van der Waals surface area contributed by atoms with Gasteiger partial charge in [-0.15, -0.1) is 11.3 Å². The predicted molar refractivity (Wildman–Crippen MR) is 145 cm³/mol. The molecule has 15 heteroatoms. The first kappa shape index (κ1) is 28.0. The Morgan fingerprint density at radius 2 is 1.85 bits per heavy atom. The minimum Gasteiger partial charge on any atom is -0.481 e. The number of halogens is 4. The lowest BCUT2D eigenvalue weighted by atomic mass is 10.1. The van der Waals surface area contributed by atoms with Gasteiger partial charge in [0.15, 0.2) is 0 Å². The number of thiazole rings is 1. The molecule has 0 aliphatic heterocycles. The highest BCUT2D eigenvalue weighted by atomic mass is 35.5. The summed E-state index contributed by atoms with van der Waals surface area (Å²) in [6.45, 7) is 1.69. The first-order valence-electron chi connectivity index (χ1n) is 11.8. The van der Waals surface area contributed by atoms with Gasteiger partial charge in [0.25, 0.3) is 11.8 Å². The van der Waals surface area contributed by atoms with Gasteiger partial charge < -0.3 is 15.4 Å². The van der Waals surface area contributed by atoms with E-state index in [1.807, 2.05) is 12.1 Å². The highest BCUT2D eigenvalue weighted by molar-refractivity contribution is 7.13. The normalized spacial score (nSPS) is 12.2. The highest BCUT2D eigenvalue weighted by Gasteiger charge is 2.34. The Hall–Kier alpha value is -4.56. The van der Waals surface area contributed by atoms with E-state index >= 15 is 0 Å². The maximum Gasteiger partial charge on any atom is 0.418 e. The predicted octanol–water partition coefficient (Wildman–Crippen LogP) is 5.67. The number of carbonyl (C=O) groups is 2. The summed E-state index contributed by atoms with van der Waals surface area (Å²) in [5.74, 6) is -0.961. The summed E-state index contributed by atoms with van der Waals surface area (Å²) in [7, 11) is 1.53. The van der Waals surface area contributed by atoms with Crippen LogP contribution in [0.3, 0.4) is 0 Å². The van der Waals surface area contributed by atoms with Gasteiger partial charge in [-0.25, -0.2) is 19.5 Å². The molecular weight excluding hydrogens is 583 g/mol. The summed E-state index contributed by atoms with van der Waals surface area (Å²) in [6, 6.07) is 7.31. The van der Waals surface area contributed by atoms with Gasteiger partial charge >= 0.3 is 6.18 Å². The topological polar surface area (TPSA) is 123 Å². The number of ether oxygens (including phenoxy) is 1. The first-order valence-corrected chi connectivity index (χ1v) is 13.0. The quantitative estimate of drug-likeness (QED) is 0.246. The standard InChI is InChI=1S/C26H19ClF3N7O3S/c1-13(25-33-11-20(41-25)24(39)36-21-8-17(26(28,29)30)18(27)10-32-21)35-23(38)16-9-34-37-12-15(3-4-19(16)37)14-5-6-31-22(7-14)40-2/h3-13H,1-2H3,(H,35,38)(H,32,36,39). The zero-order valence-corrected chi connectivity index (χ0v) is 22.8. The fraction of sp³-hybridized carbons (Fsp3) is 0.154. The van der Waals surface area contributed by atoms with E-state index in [0.29, 0.717) is 28.0 Å². The maximum absolute atomic E-state index is 13.1. The van der Waals surface area contributed by atoms with Crippen molar-refractivity contribution >= 4 is 46.1 Å². The van der Waals surface area contributed by atoms with E-state index in [9.17, 15) is 22.8 Å². The monoisotopic (exact) mass is 601 g/mol. The highest BCUT2D eigenvalue weighted by Crippen LogP contribution is 2.35. The molecule has 0 radical (unpaired) electrons. The summed E-state index contributed by atoms with van der Waals surface area (Å²) in [5, 5.41) is 9.27. The van der Waals surface area contributed by atoms with Gasteiger partial charge in [0.05, 0.1) is 47.2 Å². The molecule has 1 unspecified atom stereocenters. The lowest BCUT2D eigenvalue weighted by Crippen LogP contribution is -2.26. The summed E-state index contributed by atoms with van der Waals surface area (Å²) >= 11 is 6.55. The van der Waals surface area contributed by atoms with Crippen molar-refractivity contribution in [3.63, 3.8) is 0 Å². The summed E-state index contributed by atoms with van der Waals surface area (Å²) < 4.78 is 46.1. The van der Waals surface area contributed by atoms with Crippen LogP contribution in [0.2, 0.25) is 5.02 Å². The fourth-order valence-electron chi connectivity index (χ4n) is 3.86. The molecule has 0 saturated carbocycles. The van der Waals surface area contributed by atoms with Gasteiger partial charge in [-0.05, 0) is 30.7 Å². The number of nitrogens with zero attached hydrogens (tertiary/aromatic N) is 5. The molecule has 0 fully saturated rings. The lowest BCUT2D eigenvalue weighted by Gasteiger charge is -2.11. The van der Waals surface area contributed by atoms with E-state index in [-0.39, 0.29) is 10.7 Å². The summed E-state index contributed by atoms with van der Waals surface area (Å²) in [4.78, 5) is 37.8. The summed E-state index contributed by atoms with van der Waals surface area (Å²) in [6.07, 6.45) is 2.23. The van der Waals surface area contributed by atoms with Gasteiger partial charge in [0, 0.05) is 30.2 Å². The second kappa shape index (κ2) is 11.1. The molecule has 2 amide bonds. The minimum atomic E-state index is -4.71. The Morgan fingerprint density at radius 3 is 2.61 bits per heavy atom. The number of amides is 2. The largest absolute Gasteiger partial charge is 0.481 e. The summed E-state index contributed by atoms with van der Waals surface area (Å²) in [5.41, 5.74) is 1.50. The molecule has 0 spiro atoms. The Kier molecular flexibility index (Phi) is 7.60. The van der Waals surface area contributed by atoms with Crippen molar-refractivity contribution < 1.29 is 27.5 Å². The van der Waals surface area contributed by atoms with Crippen molar-refractivity contribution in [2.45, 2.75) is 19.1 Å². The molecule has 1 atom stereocenters. The number of rotatable bonds is 7. The number of carbonyl (C=O) groups excluding carboxylic acids is 2. The van der Waals surface area contributed by atoms with E-state index < -0.39 is 34.6 Å². The van der Waals surface area contributed by atoms with E-state index in [0.717, 1.165) is 28.7 Å². The van der Waals surface area contributed by atoms with Crippen LogP contribution in [0.5, 0.6) is 5.88 Å². The van der Waals surface area contributed by atoms with Gasteiger partial charge in [-0.1, -0.05) is 17.7 Å². The van der Waals surface area contributed by atoms with Crippen LogP contribution in [0.4, 0.5) is 19.0 Å². The lowest BCUT2D eigenvalue weighted by molar-refractivity contribution is -0.137. The van der Waals surface area contributed by atoms with Crippen molar-refractivity contribution in [1.29, 1.82) is 0 Å². The number of methoxy groups -OCH3 is 1. The van der Waals surface area contributed by atoms with Crippen LogP contribution >= 0.6 is 22.9 Å². The number of aromatic nitrogens is 5. The Morgan fingerprint density at radius 1 is 1.05 bits per heavy atom. The second-order valence-electron chi connectivity index (χ2n) is 8.65. The number of anilines is 1. The molecule has 5 heterocycles. The second-order valence-corrected chi connectivity index (χ2v) is 10.1. The average molecular weight is 602 g/mol.